The minimum atomic E-state index is -0.991. The van der Waals surface area contributed by atoms with Gasteiger partial charge < -0.3 is 14.6 Å². The summed E-state index contributed by atoms with van der Waals surface area (Å²) in [5.41, 5.74) is 1.37. The minimum Gasteiger partial charge on any atom is -0.497 e. The molecule has 20 heavy (non-hydrogen) atoms. The number of benzene rings is 1. The normalized spacial score (nSPS) is 11.2. The fraction of sp³-hybridized carbons (Fsp3) is 0.133. The van der Waals surface area contributed by atoms with Crippen molar-refractivity contribution < 1.29 is 19.4 Å². The molecule has 5 heteroatoms. The minimum absolute atomic E-state index is 0.618. The van der Waals surface area contributed by atoms with Gasteiger partial charge in [0, 0.05) is 22.6 Å². The van der Waals surface area contributed by atoms with E-state index < -0.39 is 5.97 Å². The largest absolute Gasteiger partial charge is 0.497 e. The van der Waals surface area contributed by atoms with Crippen LogP contribution in [0.25, 0.3) is 5.57 Å². The molecule has 0 fully saturated rings. The number of rotatable bonds is 5. The number of carbonyl (C=O) groups is 1. The molecule has 0 aliphatic heterocycles. The van der Waals surface area contributed by atoms with Gasteiger partial charge in [0.25, 0.3) is 0 Å². The number of carboxylic acid groups (broad SMARTS) is 1. The van der Waals surface area contributed by atoms with Crippen molar-refractivity contribution >= 4 is 22.9 Å². The van der Waals surface area contributed by atoms with Gasteiger partial charge in [-0.25, -0.2) is 4.79 Å². The van der Waals surface area contributed by atoms with Gasteiger partial charge in [-0.2, -0.15) is 0 Å². The molecule has 0 radical (unpaired) electrons. The zero-order valence-electron chi connectivity index (χ0n) is 11.1. The summed E-state index contributed by atoms with van der Waals surface area (Å²) >= 11 is 1.48. The molecule has 0 atom stereocenters. The second-order valence-corrected chi connectivity index (χ2v) is 4.92. The number of hydrogen-bond donors (Lipinski definition) is 1. The molecule has 104 valence electrons. The third-order valence-corrected chi connectivity index (χ3v) is 3.62. The molecular formula is C15H14O4S. The van der Waals surface area contributed by atoms with Crippen LogP contribution in [-0.2, 0) is 4.79 Å². The van der Waals surface area contributed by atoms with E-state index in [2.05, 4.69) is 0 Å². The summed E-state index contributed by atoms with van der Waals surface area (Å²) < 4.78 is 10.4. The van der Waals surface area contributed by atoms with Crippen LogP contribution < -0.4 is 9.47 Å². The van der Waals surface area contributed by atoms with Crippen molar-refractivity contribution in [2.75, 3.05) is 14.2 Å². The summed E-state index contributed by atoms with van der Waals surface area (Å²) in [5, 5.41) is 11.0. The van der Waals surface area contributed by atoms with Crippen molar-refractivity contribution in [1.82, 2.24) is 0 Å². The lowest BCUT2D eigenvalue weighted by atomic mass is 10.0. The van der Waals surface area contributed by atoms with Crippen molar-refractivity contribution in [3.8, 4) is 11.5 Å². The van der Waals surface area contributed by atoms with E-state index >= 15 is 0 Å². The van der Waals surface area contributed by atoms with Crippen LogP contribution in [0.1, 0.15) is 10.4 Å². The molecule has 0 saturated heterocycles. The molecule has 0 saturated carbocycles. The monoisotopic (exact) mass is 290 g/mol. The van der Waals surface area contributed by atoms with Crippen molar-refractivity contribution in [3.05, 3.63) is 52.2 Å². The van der Waals surface area contributed by atoms with Crippen molar-refractivity contribution in [2.24, 2.45) is 0 Å². The topological polar surface area (TPSA) is 55.8 Å². The first-order valence-electron chi connectivity index (χ1n) is 5.86. The first kappa shape index (κ1) is 14.1. The van der Waals surface area contributed by atoms with Crippen LogP contribution in [-0.4, -0.2) is 25.3 Å². The number of aliphatic carboxylic acids is 1. The van der Waals surface area contributed by atoms with Gasteiger partial charge in [0.1, 0.15) is 11.5 Å². The van der Waals surface area contributed by atoms with E-state index in [1.165, 1.54) is 17.4 Å². The number of hydrogen-bond acceptors (Lipinski definition) is 4. The first-order chi connectivity index (χ1) is 9.63. The highest BCUT2D eigenvalue weighted by molar-refractivity contribution is 7.11. The van der Waals surface area contributed by atoms with E-state index in [1.807, 2.05) is 17.5 Å². The Morgan fingerprint density at radius 3 is 2.30 bits per heavy atom. The van der Waals surface area contributed by atoms with Crippen LogP contribution >= 0.6 is 11.3 Å². The fourth-order valence-electron chi connectivity index (χ4n) is 1.81. The molecule has 1 heterocycles. The Balaban J connectivity index is 2.57. The zero-order chi connectivity index (χ0) is 14.5. The molecule has 0 aliphatic carbocycles. The molecule has 0 amide bonds. The fourth-order valence-corrected chi connectivity index (χ4v) is 2.58. The third kappa shape index (κ3) is 3.19. The van der Waals surface area contributed by atoms with Gasteiger partial charge in [0.05, 0.1) is 14.2 Å². The average Bonchev–Trinajstić information content (AvgIpc) is 2.97. The molecule has 1 aromatic heterocycles. The summed E-state index contributed by atoms with van der Waals surface area (Å²) in [4.78, 5) is 11.9. The summed E-state index contributed by atoms with van der Waals surface area (Å²) in [6.07, 6.45) is 1.19. The maximum atomic E-state index is 11.1. The Morgan fingerprint density at radius 2 is 1.85 bits per heavy atom. The molecular weight excluding hydrogens is 276 g/mol. The Labute approximate surface area is 120 Å². The molecule has 2 aromatic rings. The second kappa shape index (κ2) is 6.25. The maximum Gasteiger partial charge on any atom is 0.328 e. The maximum absolute atomic E-state index is 11.1. The first-order valence-corrected chi connectivity index (χ1v) is 6.74. The molecule has 0 spiro atoms. The predicted octanol–water partition coefficient (Wildman–Crippen LogP) is 3.28. The highest BCUT2D eigenvalue weighted by atomic mass is 32.1. The third-order valence-electron chi connectivity index (χ3n) is 2.72. The number of methoxy groups -OCH3 is 2. The molecule has 0 unspecified atom stereocenters. The molecule has 4 nitrogen and oxygen atoms in total. The summed E-state index contributed by atoms with van der Waals surface area (Å²) in [6.45, 7) is 0. The van der Waals surface area contributed by atoms with Crippen molar-refractivity contribution in [1.29, 1.82) is 0 Å². The van der Waals surface area contributed by atoms with Gasteiger partial charge in [-0.1, -0.05) is 6.07 Å². The number of carboxylic acids is 1. The Morgan fingerprint density at radius 1 is 1.20 bits per heavy atom. The van der Waals surface area contributed by atoms with Gasteiger partial charge in [-0.3, -0.25) is 0 Å². The standard InChI is InChI=1S/C15H14O4S/c1-18-11-6-10(7-12(8-11)19-2)13(9-15(16)17)14-4-3-5-20-14/h3-9H,1-2H3,(H,16,17)/b13-9+. The lowest BCUT2D eigenvalue weighted by Gasteiger charge is -2.10. The number of thiophene rings is 1. The van der Waals surface area contributed by atoms with Gasteiger partial charge in [-0.05, 0) is 29.1 Å². The van der Waals surface area contributed by atoms with Crippen LogP contribution in [0, 0.1) is 0 Å². The van der Waals surface area contributed by atoms with Gasteiger partial charge in [0.2, 0.25) is 0 Å². The van der Waals surface area contributed by atoms with Crippen LogP contribution in [0.15, 0.2) is 41.8 Å². The summed E-state index contributed by atoms with van der Waals surface area (Å²) in [7, 11) is 3.12. The molecule has 2 rings (SSSR count). The van der Waals surface area contributed by atoms with Crippen molar-refractivity contribution in [2.45, 2.75) is 0 Å². The van der Waals surface area contributed by atoms with Crippen LogP contribution in [0.3, 0.4) is 0 Å². The molecule has 1 N–H and O–H groups in total. The highest BCUT2D eigenvalue weighted by Gasteiger charge is 2.11. The zero-order valence-corrected chi connectivity index (χ0v) is 11.9. The van der Waals surface area contributed by atoms with E-state index in [0.717, 1.165) is 10.4 Å². The number of ether oxygens (including phenoxy) is 2. The SMILES string of the molecule is COc1cc(OC)cc(/C(=C\C(=O)O)c2cccs2)c1. The molecule has 0 aliphatic rings. The van der Waals surface area contributed by atoms with E-state index in [1.54, 1.807) is 32.4 Å². The van der Waals surface area contributed by atoms with E-state index in [4.69, 9.17) is 14.6 Å². The van der Waals surface area contributed by atoms with E-state index in [0.29, 0.717) is 17.1 Å². The Bertz CT molecular complexity index is 607. The van der Waals surface area contributed by atoms with Crippen LogP contribution in [0.5, 0.6) is 11.5 Å². The second-order valence-electron chi connectivity index (χ2n) is 3.97. The Hall–Kier alpha value is -2.27. The summed E-state index contributed by atoms with van der Waals surface area (Å²) in [5.74, 6) is 0.245. The van der Waals surface area contributed by atoms with Gasteiger partial charge >= 0.3 is 5.97 Å². The molecule has 1 aromatic carbocycles. The van der Waals surface area contributed by atoms with Crippen LogP contribution in [0.4, 0.5) is 0 Å². The Kier molecular flexibility index (Phi) is 4.42. The molecule has 0 bridgehead atoms. The lowest BCUT2D eigenvalue weighted by molar-refractivity contribution is -0.131. The smallest absolute Gasteiger partial charge is 0.328 e. The summed E-state index contributed by atoms with van der Waals surface area (Å²) in [6, 6.07) is 9.09. The van der Waals surface area contributed by atoms with E-state index in [9.17, 15) is 4.79 Å². The quantitative estimate of drug-likeness (QED) is 0.859. The van der Waals surface area contributed by atoms with E-state index in [-0.39, 0.29) is 0 Å². The predicted molar refractivity (Wildman–Crippen MR) is 78.6 cm³/mol. The van der Waals surface area contributed by atoms with Crippen molar-refractivity contribution in [3.63, 3.8) is 0 Å². The lowest BCUT2D eigenvalue weighted by Crippen LogP contribution is -1.95. The average molecular weight is 290 g/mol. The van der Waals surface area contributed by atoms with Gasteiger partial charge in [-0.15, -0.1) is 11.3 Å². The van der Waals surface area contributed by atoms with Crippen LogP contribution in [0.2, 0.25) is 0 Å². The van der Waals surface area contributed by atoms with Gasteiger partial charge in [0.15, 0.2) is 0 Å². The highest BCUT2D eigenvalue weighted by Crippen LogP contribution is 2.32.